The molecule has 3 amide bonds. The van der Waals surface area contributed by atoms with Gasteiger partial charge in [-0.2, -0.15) is 13.2 Å². The van der Waals surface area contributed by atoms with E-state index in [1.165, 1.54) is 6.07 Å². The fourth-order valence-corrected chi connectivity index (χ4v) is 2.88. The van der Waals surface area contributed by atoms with Crippen LogP contribution in [0.4, 0.5) is 18.0 Å². The monoisotopic (exact) mass is 358 g/mol. The first-order valence-electron chi connectivity index (χ1n) is 8.19. The summed E-state index contributed by atoms with van der Waals surface area (Å²) >= 11 is 0. The average molecular weight is 358 g/mol. The van der Waals surface area contributed by atoms with Crippen molar-refractivity contribution < 1.29 is 22.8 Å². The molecule has 6 nitrogen and oxygen atoms in total. The van der Waals surface area contributed by atoms with Crippen molar-refractivity contribution in [3.05, 3.63) is 29.6 Å². The topological polar surface area (TPSA) is 74.3 Å². The van der Waals surface area contributed by atoms with Crippen molar-refractivity contribution >= 4 is 11.9 Å². The van der Waals surface area contributed by atoms with Crippen LogP contribution in [-0.2, 0) is 17.5 Å². The summed E-state index contributed by atoms with van der Waals surface area (Å²) in [5.74, 6) is -0.330. The molecular weight excluding hydrogens is 337 g/mol. The van der Waals surface area contributed by atoms with E-state index in [0.717, 1.165) is 17.2 Å². The lowest BCUT2D eigenvalue weighted by atomic mass is 9.88. The summed E-state index contributed by atoms with van der Waals surface area (Å²) in [6.45, 7) is 5.16. The van der Waals surface area contributed by atoms with Gasteiger partial charge in [0.1, 0.15) is 11.2 Å². The van der Waals surface area contributed by atoms with Crippen molar-refractivity contribution in [1.29, 1.82) is 0 Å². The minimum absolute atomic E-state index is 0.0923. The highest BCUT2D eigenvalue weighted by Crippen LogP contribution is 2.29. The summed E-state index contributed by atoms with van der Waals surface area (Å²) in [6.07, 6.45) is -2.48. The summed E-state index contributed by atoms with van der Waals surface area (Å²) < 4.78 is 37.5. The number of urea groups is 1. The summed E-state index contributed by atoms with van der Waals surface area (Å²) in [5, 5.41) is 5.84. The smallest absolute Gasteiger partial charge is 0.323 e. The zero-order chi connectivity index (χ0) is 18.7. The number of hydrogen-bond acceptors (Lipinski definition) is 4. The second-order valence-corrected chi connectivity index (χ2v) is 5.70. The SMILES string of the molecule is CC.O=C1NC2(CCNCC2)C(=O)N1Cc1ccc(C(F)(F)F)nc1. The highest BCUT2D eigenvalue weighted by atomic mass is 19.4. The molecule has 9 heteroatoms. The number of carbonyl (C=O) groups is 2. The zero-order valence-electron chi connectivity index (χ0n) is 14.1. The Bertz CT molecular complexity index is 625. The maximum absolute atomic E-state index is 12.5. The van der Waals surface area contributed by atoms with Crippen molar-refractivity contribution in [1.82, 2.24) is 20.5 Å². The van der Waals surface area contributed by atoms with Crippen molar-refractivity contribution in [2.75, 3.05) is 13.1 Å². The Morgan fingerprint density at radius 2 is 1.84 bits per heavy atom. The van der Waals surface area contributed by atoms with E-state index >= 15 is 0 Å². The van der Waals surface area contributed by atoms with Crippen LogP contribution >= 0.6 is 0 Å². The molecule has 0 atom stereocenters. The third-order valence-corrected chi connectivity index (χ3v) is 4.16. The van der Waals surface area contributed by atoms with Gasteiger partial charge >= 0.3 is 12.2 Å². The van der Waals surface area contributed by atoms with Crippen LogP contribution in [0.25, 0.3) is 0 Å². The van der Waals surface area contributed by atoms with Crippen LogP contribution in [0.15, 0.2) is 18.3 Å². The predicted octanol–water partition coefficient (Wildman–Crippen LogP) is 2.30. The summed E-state index contributed by atoms with van der Waals surface area (Å²) in [7, 11) is 0. The second kappa shape index (κ2) is 7.38. The van der Waals surface area contributed by atoms with Gasteiger partial charge in [-0.05, 0) is 37.6 Å². The fourth-order valence-electron chi connectivity index (χ4n) is 2.88. The molecule has 2 N–H and O–H groups in total. The number of pyridine rings is 1. The summed E-state index contributed by atoms with van der Waals surface area (Å²) in [4.78, 5) is 29.0. The van der Waals surface area contributed by atoms with E-state index in [9.17, 15) is 22.8 Å². The maximum atomic E-state index is 12.5. The lowest BCUT2D eigenvalue weighted by Gasteiger charge is -2.31. The molecule has 0 radical (unpaired) electrons. The molecule has 2 aliphatic heterocycles. The first-order valence-corrected chi connectivity index (χ1v) is 8.19. The number of piperidine rings is 1. The van der Waals surface area contributed by atoms with Crippen LogP contribution in [-0.4, -0.2) is 40.5 Å². The molecule has 25 heavy (non-hydrogen) atoms. The Labute approximate surface area is 143 Å². The van der Waals surface area contributed by atoms with E-state index in [0.29, 0.717) is 31.5 Å². The first kappa shape index (κ1) is 19.2. The Hall–Kier alpha value is -2.16. The van der Waals surface area contributed by atoms with Gasteiger partial charge in [-0.25, -0.2) is 4.79 Å². The number of nitrogens with zero attached hydrogens (tertiary/aromatic N) is 2. The van der Waals surface area contributed by atoms with Gasteiger partial charge in [0.2, 0.25) is 0 Å². The highest BCUT2D eigenvalue weighted by Gasteiger charge is 2.51. The second-order valence-electron chi connectivity index (χ2n) is 5.70. The molecule has 0 unspecified atom stereocenters. The minimum Gasteiger partial charge on any atom is -0.323 e. The van der Waals surface area contributed by atoms with Crippen LogP contribution < -0.4 is 10.6 Å². The Morgan fingerprint density at radius 3 is 2.36 bits per heavy atom. The lowest BCUT2D eigenvalue weighted by Crippen LogP contribution is -2.53. The van der Waals surface area contributed by atoms with Gasteiger partial charge in [0.25, 0.3) is 5.91 Å². The number of amides is 3. The Kier molecular flexibility index (Phi) is 5.66. The molecule has 3 rings (SSSR count). The quantitative estimate of drug-likeness (QED) is 0.796. The zero-order valence-corrected chi connectivity index (χ0v) is 14.1. The molecule has 2 fully saturated rings. The third-order valence-electron chi connectivity index (χ3n) is 4.16. The van der Waals surface area contributed by atoms with Crippen LogP contribution in [0, 0.1) is 0 Å². The molecule has 2 saturated heterocycles. The van der Waals surface area contributed by atoms with E-state index in [4.69, 9.17) is 0 Å². The summed E-state index contributed by atoms with van der Waals surface area (Å²) in [5.41, 5.74) is -1.53. The van der Waals surface area contributed by atoms with Gasteiger partial charge in [0, 0.05) is 6.20 Å². The normalized spacial score (nSPS) is 19.5. The van der Waals surface area contributed by atoms with E-state index in [2.05, 4.69) is 15.6 Å². The van der Waals surface area contributed by atoms with Crippen molar-refractivity contribution in [2.24, 2.45) is 0 Å². The molecule has 0 aliphatic carbocycles. The largest absolute Gasteiger partial charge is 0.433 e. The molecule has 3 heterocycles. The third kappa shape index (κ3) is 3.92. The van der Waals surface area contributed by atoms with E-state index in [-0.39, 0.29) is 12.5 Å². The van der Waals surface area contributed by atoms with Crippen molar-refractivity contribution in [3.8, 4) is 0 Å². The molecule has 0 saturated carbocycles. The molecule has 138 valence electrons. The van der Waals surface area contributed by atoms with Gasteiger partial charge in [-0.1, -0.05) is 19.9 Å². The minimum atomic E-state index is -4.52. The number of carbonyl (C=O) groups excluding carboxylic acids is 2. The van der Waals surface area contributed by atoms with E-state index in [1.54, 1.807) is 0 Å². The highest BCUT2D eigenvalue weighted by molar-refractivity contribution is 6.07. The van der Waals surface area contributed by atoms with Crippen molar-refractivity contribution in [3.63, 3.8) is 0 Å². The summed E-state index contributed by atoms with van der Waals surface area (Å²) in [6, 6.07) is 1.55. The molecule has 1 aromatic heterocycles. The molecule has 2 aliphatic rings. The van der Waals surface area contributed by atoms with E-state index in [1.807, 2.05) is 13.8 Å². The van der Waals surface area contributed by atoms with Gasteiger partial charge in [0.05, 0.1) is 6.54 Å². The molecule has 0 aromatic carbocycles. The molecule has 1 spiro atoms. The number of hydrogen-bond donors (Lipinski definition) is 2. The number of nitrogens with one attached hydrogen (secondary N) is 2. The van der Waals surface area contributed by atoms with Gasteiger partial charge in [-0.15, -0.1) is 0 Å². The average Bonchev–Trinajstić information content (AvgIpc) is 2.81. The number of alkyl halides is 3. The standard InChI is InChI=1S/C14H15F3N4O2.C2H6/c15-14(16,17)10-2-1-9(7-19-10)8-21-11(22)13(20-12(21)23)3-5-18-6-4-13;1-2/h1-2,7,18H,3-6,8H2,(H,20,23);1-2H3. The van der Waals surface area contributed by atoms with Crippen LogP contribution in [0.2, 0.25) is 0 Å². The van der Waals surface area contributed by atoms with Gasteiger partial charge in [0.15, 0.2) is 0 Å². The number of aromatic nitrogens is 1. The molecule has 1 aromatic rings. The first-order chi connectivity index (χ1) is 11.8. The van der Waals surface area contributed by atoms with Crippen LogP contribution in [0.3, 0.4) is 0 Å². The molecule has 0 bridgehead atoms. The molecular formula is C16H21F3N4O2. The van der Waals surface area contributed by atoms with Gasteiger partial charge in [-0.3, -0.25) is 14.7 Å². The lowest BCUT2D eigenvalue weighted by molar-refractivity contribution is -0.141. The van der Waals surface area contributed by atoms with Crippen molar-refractivity contribution in [2.45, 2.75) is 44.9 Å². The van der Waals surface area contributed by atoms with Crippen LogP contribution in [0.5, 0.6) is 0 Å². The number of rotatable bonds is 2. The maximum Gasteiger partial charge on any atom is 0.433 e. The number of imide groups is 1. The predicted molar refractivity (Wildman–Crippen MR) is 84.5 cm³/mol. The van der Waals surface area contributed by atoms with E-state index < -0.39 is 23.4 Å². The number of halogens is 3. The fraction of sp³-hybridized carbons (Fsp3) is 0.562. The van der Waals surface area contributed by atoms with Gasteiger partial charge < -0.3 is 10.6 Å². The Balaban J connectivity index is 0.00000109. The van der Waals surface area contributed by atoms with Crippen LogP contribution in [0.1, 0.15) is 37.9 Å². The Morgan fingerprint density at radius 1 is 1.20 bits per heavy atom.